The van der Waals surface area contributed by atoms with Gasteiger partial charge in [-0.15, -0.1) is 0 Å². The summed E-state index contributed by atoms with van der Waals surface area (Å²) in [5, 5.41) is 9.67. The number of piperidine rings is 1. The number of hydrogen-bond acceptors (Lipinski definition) is 3. The highest BCUT2D eigenvalue weighted by molar-refractivity contribution is 5.80. The average molecular weight is 329 g/mol. The number of carbonyl (C=O) groups is 2. The zero-order valence-electron chi connectivity index (χ0n) is 13.7. The van der Waals surface area contributed by atoms with Crippen molar-refractivity contribution in [2.75, 3.05) is 13.1 Å². The Morgan fingerprint density at radius 3 is 2.50 bits per heavy atom. The number of benzene rings is 1. The molecule has 1 amide bonds. The van der Waals surface area contributed by atoms with Crippen molar-refractivity contribution in [1.29, 1.82) is 0 Å². The quantitative estimate of drug-likeness (QED) is 0.844. The molecule has 1 atom stereocenters. The van der Waals surface area contributed by atoms with Crippen LogP contribution in [-0.2, 0) is 9.59 Å². The third kappa shape index (κ3) is 3.61. The maximum Gasteiger partial charge on any atom is 0.348 e. The Labute approximate surface area is 141 Å². The summed E-state index contributed by atoms with van der Waals surface area (Å²) < 4.78 is 5.82. The number of nitrogens with zero attached hydrogens (tertiary/aromatic N) is 1. The van der Waals surface area contributed by atoms with Crippen LogP contribution >= 0.6 is 0 Å². The maximum atomic E-state index is 12.4. The second-order valence-corrected chi connectivity index (χ2v) is 6.57. The number of carboxylic acids is 1. The Kier molecular flexibility index (Phi) is 4.88. The van der Waals surface area contributed by atoms with Crippen LogP contribution in [0, 0.1) is 5.92 Å². The molecule has 0 spiro atoms. The van der Waals surface area contributed by atoms with Crippen LogP contribution in [0.15, 0.2) is 42.5 Å². The number of likely N-dealkylation sites (tertiary alicyclic amines) is 1. The molecule has 1 heterocycles. The van der Waals surface area contributed by atoms with Gasteiger partial charge in [0, 0.05) is 32.4 Å². The predicted octanol–water partition coefficient (Wildman–Crippen LogP) is 2.87. The second kappa shape index (κ2) is 7.07. The Balaban J connectivity index is 1.61. The van der Waals surface area contributed by atoms with E-state index in [-0.39, 0.29) is 5.91 Å². The summed E-state index contributed by atoms with van der Waals surface area (Å²) in [4.78, 5) is 26.0. The van der Waals surface area contributed by atoms with Crippen molar-refractivity contribution in [1.82, 2.24) is 4.90 Å². The molecule has 24 heavy (non-hydrogen) atoms. The summed E-state index contributed by atoms with van der Waals surface area (Å²) in [6, 6.07) is 9.01. The Hall–Kier alpha value is -2.30. The first-order valence-corrected chi connectivity index (χ1v) is 8.51. The highest BCUT2D eigenvalue weighted by Gasteiger charge is 2.45. The number of ether oxygens (including phenoxy) is 1. The van der Waals surface area contributed by atoms with Gasteiger partial charge in [0.05, 0.1) is 0 Å². The summed E-state index contributed by atoms with van der Waals surface area (Å²) in [6.07, 6.45) is 7.46. The van der Waals surface area contributed by atoms with E-state index < -0.39 is 11.6 Å². The van der Waals surface area contributed by atoms with Crippen molar-refractivity contribution >= 4 is 11.9 Å². The molecule has 128 valence electrons. The second-order valence-electron chi connectivity index (χ2n) is 6.57. The molecule has 2 aliphatic rings. The zero-order valence-corrected chi connectivity index (χ0v) is 13.7. The zero-order chi connectivity index (χ0) is 17.0. The molecule has 1 saturated heterocycles. The molecule has 1 aromatic carbocycles. The van der Waals surface area contributed by atoms with Gasteiger partial charge in [-0.25, -0.2) is 4.79 Å². The maximum absolute atomic E-state index is 12.4. The topological polar surface area (TPSA) is 66.8 Å². The molecule has 0 bridgehead atoms. The van der Waals surface area contributed by atoms with E-state index in [0.717, 1.165) is 12.8 Å². The molecule has 1 aromatic rings. The van der Waals surface area contributed by atoms with E-state index in [2.05, 4.69) is 12.2 Å². The lowest BCUT2D eigenvalue weighted by molar-refractivity contribution is -0.162. The monoisotopic (exact) mass is 329 g/mol. The Morgan fingerprint density at radius 2 is 1.92 bits per heavy atom. The summed E-state index contributed by atoms with van der Waals surface area (Å²) in [6.45, 7) is 0.850. The van der Waals surface area contributed by atoms with Crippen molar-refractivity contribution in [2.45, 2.75) is 37.7 Å². The third-order valence-electron chi connectivity index (χ3n) is 4.92. The number of hydrogen-bond donors (Lipinski definition) is 1. The van der Waals surface area contributed by atoms with E-state index in [1.54, 1.807) is 17.0 Å². The molecule has 1 fully saturated rings. The minimum Gasteiger partial charge on any atom is -0.478 e. The summed E-state index contributed by atoms with van der Waals surface area (Å²) in [7, 11) is 0. The highest BCUT2D eigenvalue weighted by atomic mass is 16.5. The van der Waals surface area contributed by atoms with Crippen molar-refractivity contribution < 1.29 is 19.4 Å². The number of rotatable bonds is 5. The van der Waals surface area contributed by atoms with E-state index in [0.29, 0.717) is 44.0 Å². The molecule has 5 heteroatoms. The van der Waals surface area contributed by atoms with Gasteiger partial charge < -0.3 is 14.7 Å². The van der Waals surface area contributed by atoms with Gasteiger partial charge in [0.15, 0.2) is 0 Å². The number of carboxylic acid groups (broad SMARTS) is 1. The minimum atomic E-state index is -1.24. The smallest absolute Gasteiger partial charge is 0.348 e. The van der Waals surface area contributed by atoms with Gasteiger partial charge in [-0.1, -0.05) is 30.4 Å². The normalized spacial score (nSPS) is 22.3. The molecule has 3 rings (SSSR count). The van der Waals surface area contributed by atoms with Crippen molar-refractivity contribution in [2.24, 2.45) is 5.92 Å². The average Bonchev–Trinajstić information content (AvgIpc) is 3.09. The largest absolute Gasteiger partial charge is 0.478 e. The van der Waals surface area contributed by atoms with E-state index in [1.165, 1.54) is 0 Å². The van der Waals surface area contributed by atoms with Crippen LogP contribution in [0.1, 0.15) is 32.1 Å². The fourth-order valence-electron chi connectivity index (χ4n) is 3.41. The van der Waals surface area contributed by atoms with Gasteiger partial charge >= 0.3 is 5.97 Å². The lowest BCUT2D eigenvalue weighted by atomic mass is 9.90. The van der Waals surface area contributed by atoms with E-state index in [9.17, 15) is 14.7 Å². The van der Waals surface area contributed by atoms with Crippen LogP contribution in [-0.4, -0.2) is 40.6 Å². The molecule has 0 radical (unpaired) electrons. The summed E-state index contributed by atoms with van der Waals surface area (Å²) >= 11 is 0. The number of aliphatic carboxylic acids is 1. The predicted molar refractivity (Wildman–Crippen MR) is 89.7 cm³/mol. The standard InChI is InChI=1S/C19H23NO4/c21-17(14-15-6-4-5-7-15)20-12-10-19(11-13-20,18(22)23)24-16-8-2-1-3-9-16/h1-4,6,8-9,15H,5,7,10-14H2,(H,22,23)/t15-/m0/s1. The molecule has 0 aromatic heterocycles. The van der Waals surface area contributed by atoms with Crippen LogP contribution in [0.5, 0.6) is 5.75 Å². The van der Waals surface area contributed by atoms with E-state index in [4.69, 9.17) is 4.74 Å². The van der Waals surface area contributed by atoms with Crippen LogP contribution in [0.4, 0.5) is 0 Å². The van der Waals surface area contributed by atoms with Crippen LogP contribution < -0.4 is 4.74 Å². The Morgan fingerprint density at radius 1 is 1.21 bits per heavy atom. The van der Waals surface area contributed by atoms with Crippen LogP contribution in [0.2, 0.25) is 0 Å². The van der Waals surface area contributed by atoms with Crippen LogP contribution in [0.3, 0.4) is 0 Å². The lowest BCUT2D eigenvalue weighted by Crippen LogP contribution is -2.54. The fourth-order valence-corrected chi connectivity index (χ4v) is 3.41. The fraction of sp³-hybridized carbons (Fsp3) is 0.474. The molecule has 0 saturated carbocycles. The molecule has 1 aliphatic carbocycles. The first kappa shape index (κ1) is 16.6. The molecular weight excluding hydrogens is 306 g/mol. The van der Waals surface area contributed by atoms with Gasteiger partial charge in [0.25, 0.3) is 0 Å². The molecule has 1 N–H and O–H groups in total. The molecule has 5 nitrogen and oxygen atoms in total. The van der Waals surface area contributed by atoms with E-state index in [1.807, 2.05) is 18.2 Å². The highest BCUT2D eigenvalue weighted by Crippen LogP contribution is 2.30. The summed E-state index contributed by atoms with van der Waals surface area (Å²) in [5.41, 5.74) is -1.24. The van der Waals surface area contributed by atoms with Gasteiger partial charge in [0.1, 0.15) is 5.75 Å². The SMILES string of the molecule is O=C(C[C@H]1C=CCC1)N1CCC(Oc2ccccc2)(C(=O)O)CC1. The number of carbonyl (C=O) groups excluding carboxylic acids is 1. The van der Waals surface area contributed by atoms with Gasteiger partial charge in [-0.2, -0.15) is 0 Å². The number of para-hydroxylation sites is 1. The molecule has 1 aliphatic heterocycles. The van der Waals surface area contributed by atoms with Gasteiger partial charge in [-0.3, -0.25) is 4.79 Å². The first-order chi connectivity index (χ1) is 11.6. The van der Waals surface area contributed by atoms with Crippen molar-refractivity contribution in [3.05, 3.63) is 42.5 Å². The molecule has 0 unspecified atom stereocenters. The van der Waals surface area contributed by atoms with Gasteiger partial charge in [-0.05, 0) is 30.9 Å². The summed E-state index contributed by atoms with van der Waals surface area (Å²) in [5.74, 6) is 0.0439. The number of amides is 1. The lowest BCUT2D eigenvalue weighted by Gasteiger charge is -2.39. The number of allylic oxidation sites excluding steroid dienone is 2. The van der Waals surface area contributed by atoms with Crippen molar-refractivity contribution in [3.8, 4) is 5.75 Å². The minimum absolute atomic E-state index is 0.116. The third-order valence-corrected chi connectivity index (χ3v) is 4.92. The van der Waals surface area contributed by atoms with Crippen molar-refractivity contribution in [3.63, 3.8) is 0 Å². The van der Waals surface area contributed by atoms with E-state index >= 15 is 0 Å². The molecular formula is C19H23NO4. The van der Waals surface area contributed by atoms with Gasteiger partial charge in [0.2, 0.25) is 11.5 Å². The first-order valence-electron chi connectivity index (χ1n) is 8.51. The van der Waals surface area contributed by atoms with Crippen LogP contribution in [0.25, 0.3) is 0 Å². The Bertz CT molecular complexity index is 618.